The second-order valence-electron chi connectivity index (χ2n) is 6.29. The first kappa shape index (κ1) is 20.2. The smallest absolute Gasteiger partial charge is 0.375 e. The first-order valence-electron chi connectivity index (χ1n) is 8.09. The van der Waals surface area contributed by atoms with E-state index >= 15 is 0 Å². The lowest BCUT2D eigenvalue weighted by atomic mass is 10.0. The summed E-state index contributed by atoms with van der Waals surface area (Å²) in [4.78, 5) is 42.2. The van der Waals surface area contributed by atoms with Crippen LogP contribution in [-0.4, -0.2) is 76.4 Å². The van der Waals surface area contributed by atoms with Gasteiger partial charge < -0.3 is 10.6 Å². The van der Waals surface area contributed by atoms with E-state index in [1.807, 2.05) is 0 Å². The molecule has 4 amide bonds. The number of hydroxylamine groups is 2. The highest BCUT2D eigenvalue weighted by Crippen LogP contribution is 2.30. The van der Waals surface area contributed by atoms with Gasteiger partial charge in [0.05, 0.1) is 18.2 Å². The molecule has 3 rings (SSSR count). The minimum atomic E-state index is -4.86. The molecule has 3 heterocycles. The highest BCUT2D eigenvalue weighted by atomic mass is 32.3. The molecule has 2 atom stereocenters. The van der Waals surface area contributed by atoms with Gasteiger partial charge in [0.15, 0.2) is 5.13 Å². The summed E-state index contributed by atoms with van der Waals surface area (Å²) in [7, 11) is -3.50. The Hall–Kier alpha value is -2.49. The average Bonchev–Trinajstić information content (AvgIpc) is 3.10. The molecule has 0 aliphatic carbocycles. The number of fused-ring (bicyclic) bond motifs is 2. The lowest BCUT2D eigenvalue weighted by molar-refractivity contribution is -0.141. The molecule has 13 nitrogen and oxygen atoms in total. The van der Waals surface area contributed by atoms with Gasteiger partial charge in [0.25, 0.3) is 5.91 Å². The molecule has 2 aliphatic heterocycles. The molecule has 2 aliphatic rings. The van der Waals surface area contributed by atoms with Gasteiger partial charge in [-0.05, 0) is 12.8 Å². The molecule has 1 unspecified atom stereocenters. The number of anilines is 1. The molecule has 1 aromatic rings. The summed E-state index contributed by atoms with van der Waals surface area (Å²) in [5.74, 6) is -1.04. The number of rotatable bonds is 5. The Morgan fingerprint density at radius 3 is 2.82 bits per heavy atom. The summed E-state index contributed by atoms with van der Waals surface area (Å²) in [5.41, 5.74) is 8.40. The molecular formula is C13H18N6O7S2. The Balaban J connectivity index is 1.60. The number of likely N-dealkylation sites (N-methyl/N-ethyl adjacent to an activating group) is 1. The van der Waals surface area contributed by atoms with Crippen LogP contribution >= 0.6 is 11.3 Å². The summed E-state index contributed by atoms with van der Waals surface area (Å²) < 4.78 is 34.9. The van der Waals surface area contributed by atoms with E-state index in [9.17, 15) is 22.8 Å². The molecule has 1 aromatic heterocycles. The molecule has 0 radical (unpaired) electrons. The zero-order valence-corrected chi connectivity index (χ0v) is 16.3. The molecule has 2 bridgehead atoms. The van der Waals surface area contributed by atoms with Crippen LogP contribution in [0.2, 0.25) is 0 Å². The van der Waals surface area contributed by atoms with Gasteiger partial charge in [0, 0.05) is 19.0 Å². The number of nitrogen functional groups attached to an aromatic ring is 1. The number of hydrogen-bond acceptors (Lipinski definition) is 9. The number of nitrogens with two attached hydrogens (primary N) is 1. The van der Waals surface area contributed by atoms with Crippen molar-refractivity contribution >= 4 is 44.7 Å². The quantitative estimate of drug-likeness (QED) is 0.378. The summed E-state index contributed by atoms with van der Waals surface area (Å²) in [6, 6.07) is -2.37. The predicted octanol–water partition coefficient (Wildman–Crippen LogP) is -1.24. The van der Waals surface area contributed by atoms with E-state index in [0.29, 0.717) is 15.9 Å². The second kappa shape index (κ2) is 7.50. The van der Waals surface area contributed by atoms with Crippen LogP contribution in [-0.2, 0) is 30.7 Å². The van der Waals surface area contributed by atoms with Gasteiger partial charge in [-0.2, -0.15) is 13.5 Å². The molecule has 4 N–H and O–H groups in total. The van der Waals surface area contributed by atoms with Gasteiger partial charge in [-0.15, -0.1) is 15.6 Å². The highest BCUT2D eigenvalue weighted by Gasteiger charge is 2.49. The van der Waals surface area contributed by atoms with Crippen LogP contribution in [0.25, 0.3) is 0 Å². The van der Waals surface area contributed by atoms with Crippen LogP contribution in [0.15, 0.2) is 5.38 Å². The standard InChI is InChI=1S/C13H18N6O7S2/c1-17(10(20)4-7-6-27-12(14)15-7)16-11(21)9-3-2-8-5-18(9)13(22)19(8)26-28(23,24)25/h6,8-9H,2-5H2,1H3,(H2,14,15)(H,16,21)(H,23,24,25)/t8?,9-/m0/s1. The van der Waals surface area contributed by atoms with E-state index in [1.165, 1.54) is 18.4 Å². The van der Waals surface area contributed by atoms with E-state index in [0.717, 1.165) is 9.91 Å². The number of aromatic nitrogens is 1. The molecule has 0 aromatic carbocycles. The van der Waals surface area contributed by atoms with E-state index in [4.69, 9.17) is 10.3 Å². The number of nitrogens with zero attached hydrogens (tertiary/aromatic N) is 4. The molecule has 0 saturated carbocycles. The van der Waals surface area contributed by atoms with Gasteiger partial charge in [-0.25, -0.2) is 9.78 Å². The Morgan fingerprint density at radius 1 is 1.50 bits per heavy atom. The number of hydrazine groups is 1. The van der Waals surface area contributed by atoms with Crippen LogP contribution < -0.4 is 11.2 Å². The Kier molecular flexibility index (Phi) is 5.42. The number of hydrogen-bond donors (Lipinski definition) is 3. The number of carbonyl (C=O) groups excluding carboxylic acids is 3. The monoisotopic (exact) mass is 434 g/mol. The summed E-state index contributed by atoms with van der Waals surface area (Å²) >= 11 is 1.19. The lowest BCUT2D eigenvalue weighted by Crippen LogP contribution is -2.54. The van der Waals surface area contributed by atoms with E-state index in [2.05, 4.69) is 14.7 Å². The van der Waals surface area contributed by atoms with Gasteiger partial charge in [0.1, 0.15) is 6.04 Å². The lowest BCUT2D eigenvalue weighted by Gasteiger charge is -2.30. The van der Waals surface area contributed by atoms with Crippen molar-refractivity contribution < 1.29 is 31.6 Å². The predicted molar refractivity (Wildman–Crippen MR) is 94.5 cm³/mol. The Labute approximate surface area is 163 Å². The fourth-order valence-electron chi connectivity index (χ4n) is 3.08. The number of carbonyl (C=O) groups is 3. The summed E-state index contributed by atoms with van der Waals surface area (Å²) in [6.07, 6.45) is 0.458. The topological polar surface area (TPSA) is 175 Å². The molecule has 2 fully saturated rings. The first-order chi connectivity index (χ1) is 13.0. The number of amides is 4. The minimum absolute atomic E-state index is 0.0577. The fourth-order valence-corrected chi connectivity index (χ4v) is 4.03. The van der Waals surface area contributed by atoms with E-state index in [1.54, 1.807) is 5.38 Å². The number of urea groups is 1. The zero-order valence-electron chi connectivity index (χ0n) is 14.6. The van der Waals surface area contributed by atoms with Crippen molar-refractivity contribution in [3.63, 3.8) is 0 Å². The molecule has 15 heteroatoms. The van der Waals surface area contributed by atoms with Gasteiger partial charge in [0.2, 0.25) is 5.91 Å². The summed E-state index contributed by atoms with van der Waals surface area (Å²) in [5, 5.41) is 3.51. The third-order valence-corrected chi connectivity index (χ3v) is 5.43. The van der Waals surface area contributed by atoms with Gasteiger partial charge in [-0.3, -0.25) is 24.6 Å². The van der Waals surface area contributed by atoms with Gasteiger partial charge in [-0.1, -0.05) is 0 Å². The molecule has 154 valence electrons. The number of thiazole rings is 1. The normalized spacial score (nSPS) is 21.7. The van der Waals surface area contributed by atoms with Crippen molar-refractivity contribution in [2.75, 3.05) is 19.3 Å². The van der Waals surface area contributed by atoms with Crippen LogP contribution in [0.1, 0.15) is 18.5 Å². The average molecular weight is 434 g/mol. The summed E-state index contributed by atoms with van der Waals surface area (Å²) in [6.45, 7) is 0.0577. The van der Waals surface area contributed by atoms with Crippen molar-refractivity contribution in [2.45, 2.75) is 31.3 Å². The maximum atomic E-state index is 12.5. The fraction of sp³-hybridized carbons (Fsp3) is 0.538. The highest BCUT2D eigenvalue weighted by molar-refractivity contribution is 7.80. The van der Waals surface area contributed by atoms with Crippen molar-refractivity contribution in [1.82, 2.24) is 25.4 Å². The Morgan fingerprint density at radius 2 is 2.21 bits per heavy atom. The molecule has 0 spiro atoms. The third kappa shape index (κ3) is 4.32. The zero-order chi connectivity index (χ0) is 20.6. The number of nitrogens with one attached hydrogen (secondary N) is 1. The van der Waals surface area contributed by atoms with Crippen LogP contribution in [0, 0.1) is 0 Å². The van der Waals surface area contributed by atoms with Crippen LogP contribution in [0.5, 0.6) is 0 Å². The number of piperidine rings is 1. The van der Waals surface area contributed by atoms with Crippen molar-refractivity contribution in [3.05, 3.63) is 11.1 Å². The first-order valence-corrected chi connectivity index (χ1v) is 10.3. The van der Waals surface area contributed by atoms with Crippen LogP contribution in [0.3, 0.4) is 0 Å². The SMILES string of the molecule is CN(NC(=O)[C@@H]1CCC2CN1C(=O)N2OS(=O)(=O)O)C(=O)Cc1csc(N)n1. The molecular weight excluding hydrogens is 416 g/mol. The largest absolute Gasteiger partial charge is 0.418 e. The Bertz CT molecular complexity index is 903. The van der Waals surface area contributed by atoms with Gasteiger partial charge >= 0.3 is 16.4 Å². The van der Waals surface area contributed by atoms with Crippen molar-refractivity contribution in [2.24, 2.45) is 0 Å². The minimum Gasteiger partial charge on any atom is -0.375 e. The van der Waals surface area contributed by atoms with E-state index in [-0.39, 0.29) is 25.8 Å². The third-order valence-electron chi connectivity index (χ3n) is 4.35. The van der Waals surface area contributed by atoms with Crippen molar-refractivity contribution in [3.8, 4) is 0 Å². The molecule has 2 saturated heterocycles. The van der Waals surface area contributed by atoms with Crippen molar-refractivity contribution in [1.29, 1.82) is 0 Å². The maximum absolute atomic E-state index is 12.5. The maximum Gasteiger partial charge on any atom is 0.418 e. The second-order valence-corrected chi connectivity index (χ2v) is 8.19. The van der Waals surface area contributed by atoms with Crippen LogP contribution in [0.4, 0.5) is 9.93 Å². The van der Waals surface area contributed by atoms with E-state index < -0.39 is 40.3 Å². The molecule has 28 heavy (non-hydrogen) atoms.